The van der Waals surface area contributed by atoms with Crippen molar-refractivity contribution in [2.24, 2.45) is 0 Å². The number of hydrogen-bond acceptors (Lipinski definition) is 5. The molecule has 2 heterocycles. The fourth-order valence-electron chi connectivity index (χ4n) is 3.50. The summed E-state index contributed by atoms with van der Waals surface area (Å²) in [7, 11) is 0. The average Bonchev–Trinajstić information content (AvgIpc) is 3.07. The van der Waals surface area contributed by atoms with Gasteiger partial charge in [0, 0.05) is 12.0 Å². The Labute approximate surface area is 180 Å². The number of rotatable bonds is 5. The van der Waals surface area contributed by atoms with E-state index in [2.05, 4.69) is 22.1 Å². The van der Waals surface area contributed by atoms with E-state index in [4.69, 9.17) is 9.47 Å². The zero-order chi connectivity index (χ0) is 21.8. The molecule has 0 radical (unpaired) electrons. The van der Waals surface area contributed by atoms with Crippen molar-refractivity contribution in [3.8, 4) is 23.3 Å². The molecule has 7 nitrogen and oxygen atoms in total. The summed E-state index contributed by atoms with van der Waals surface area (Å²) in [6.07, 6.45) is 2.22. The SMILES string of the molecule is CC1(C)Cc2cccc(OCC#CCNC(=O)Cn3cnc4ccccc4c3=O)c2O1. The van der Waals surface area contributed by atoms with Crippen LogP contribution < -0.4 is 20.3 Å². The first-order valence-corrected chi connectivity index (χ1v) is 10.0. The van der Waals surface area contributed by atoms with Crippen LogP contribution in [0, 0.1) is 11.8 Å². The zero-order valence-electron chi connectivity index (χ0n) is 17.5. The Balaban J connectivity index is 1.27. The van der Waals surface area contributed by atoms with Crippen molar-refractivity contribution in [2.75, 3.05) is 13.2 Å². The number of nitrogens with one attached hydrogen (secondary N) is 1. The maximum absolute atomic E-state index is 12.4. The third-order valence-corrected chi connectivity index (χ3v) is 4.90. The molecule has 0 spiro atoms. The minimum absolute atomic E-state index is 0.113. The maximum atomic E-state index is 12.4. The highest BCUT2D eigenvalue weighted by Crippen LogP contribution is 2.41. The number of amides is 1. The van der Waals surface area contributed by atoms with Gasteiger partial charge >= 0.3 is 0 Å². The van der Waals surface area contributed by atoms with E-state index in [0.29, 0.717) is 16.7 Å². The lowest BCUT2D eigenvalue weighted by atomic mass is 10.0. The van der Waals surface area contributed by atoms with Crippen molar-refractivity contribution < 1.29 is 14.3 Å². The third-order valence-electron chi connectivity index (χ3n) is 4.90. The van der Waals surface area contributed by atoms with Gasteiger partial charge in [0.2, 0.25) is 5.91 Å². The Bertz CT molecular complexity index is 1250. The highest BCUT2D eigenvalue weighted by molar-refractivity contribution is 5.79. The summed E-state index contributed by atoms with van der Waals surface area (Å²) in [5.41, 5.74) is 1.25. The van der Waals surface area contributed by atoms with Crippen molar-refractivity contribution in [3.63, 3.8) is 0 Å². The second kappa shape index (κ2) is 8.52. The van der Waals surface area contributed by atoms with Gasteiger partial charge in [-0.25, -0.2) is 4.98 Å². The molecule has 1 amide bonds. The largest absolute Gasteiger partial charge is 0.483 e. The molecule has 7 heteroatoms. The molecule has 0 saturated carbocycles. The minimum atomic E-state index is -0.314. The van der Waals surface area contributed by atoms with E-state index in [1.807, 2.05) is 38.1 Å². The summed E-state index contributed by atoms with van der Waals surface area (Å²) in [5, 5.41) is 3.16. The normalized spacial score (nSPS) is 13.6. The first-order chi connectivity index (χ1) is 14.9. The number of aromatic nitrogens is 2. The lowest BCUT2D eigenvalue weighted by Gasteiger charge is -2.17. The van der Waals surface area contributed by atoms with Gasteiger partial charge in [0.25, 0.3) is 5.56 Å². The number of para-hydroxylation sites is 2. The molecule has 0 aliphatic carbocycles. The summed E-state index contributed by atoms with van der Waals surface area (Å²) in [5.74, 6) is 6.86. The van der Waals surface area contributed by atoms with Crippen LogP contribution in [0.1, 0.15) is 19.4 Å². The number of ether oxygens (including phenoxy) is 2. The van der Waals surface area contributed by atoms with Gasteiger partial charge in [-0.1, -0.05) is 36.1 Å². The molecule has 3 aromatic rings. The third kappa shape index (κ3) is 4.69. The first kappa shape index (κ1) is 20.5. The van der Waals surface area contributed by atoms with Gasteiger partial charge in [0.15, 0.2) is 11.5 Å². The smallest absolute Gasteiger partial charge is 0.261 e. The Morgan fingerprint density at radius 2 is 2.06 bits per heavy atom. The van der Waals surface area contributed by atoms with Gasteiger partial charge in [0.05, 0.1) is 23.8 Å². The molecule has 4 rings (SSSR count). The number of carbonyl (C=O) groups is 1. The molecule has 0 unspecified atom stereocenters. The maximum Gasteiger partial charge on any atom is 0.261 e. The molecule has 1 N–H and O–H groups in total. The van der Waals surface area contributed by atoms with Gasteiger partial charge in [-0.15, -0.1) is 0 Å². The number of nitrogens with zero attached hydrogens (tertiary/aromatic N) is 2. The van der Waals surface area contributed by atoms with Crippen molar-refractivity contribution in [3.05, 3.63) is 64.7 Å². The average molecular weight is 417 g/mol. The topological polar surface area (TPSA) is 82.5 Å². The van der Waals surface area contributed by atoms with Crippen LogP contribution in [0.5, 0.6) is 11.5 Å². The second-order valence-corrected chi connectivity index (χ2v) is 7.90. The molecule has 1 aromatic heterocycles. The van der Waals surface area contributed by atoms with Gasteiger partial charge in [0.1, 0.15) is 18.8 Å². The number of fused-ring (bicyclic) bond motifs is 2. The summed E-state index contributed by atoms with van der Waals surface area (Å²) in [6.45, 7) is 4.32. The molecule has 0 bridgehead atoms. The highest BCUT2D eigenvalue weighted by Gasteiger charge is 2.32. The van der Waals surface area contributed by atoms with Crippen molar-refractivity contribution in [1.29, 1.82) is 0 Å². The van der Waals surface area contributed by atoms with Crippen LogP contribution in [-0.2, 0) is 17.8 Å². The fourth-order valence-corrected chi connectivity index (χ4v) is 3.50. The predicted molar refractivity (Wildman–Crippen MR) is 117 cm³/mol. The summed E-state index contributed by atoms with van der Waals surface area (Å²) in [4.78, 5) is 28.8. The summed E-state index contributed by atoms with van der Waals surface area (Å²) in [6, 6.07) is 12.9. The number of carbonyl (C=O) groups excluding carboxylic acids is 1. The van der Waals surface area contributed by atoms with Crippen LogP contribution >= 0.6 is 0 Å². The van der Waals surface area contributed by atoms with E-state index in [-0.39, 0.29) is 36.8 Å². The van der Waals surface area contributed by atoms with Crippen LogP contribution in [0.15, 0.2) is 53.6 Å². The number of hydrogen-bond donors (Lipinski definition) is 1. The molecular formula is C24H23N3O4. The summed E-state index contributed by atoms with van der Waals surface area (Å²) >= 11 is 0. The molecule has 0 atom stereocenters. The molecule has 0 fully saturated rings. The quantitative estimate of drug-likeness (QED) is 0.645. The van der Waals surface area contributed by atoms with Gasteiger partial charge in [-0.3, -0.25) is 14.2 Å². The van der Waals surface area contributed by atoms with E-state index in [0.717, 1.165) is 17.7 Å². The molecule has 2 aromatic carbocycles. The molecule has 1 aliphatic rings. The molecule has 31 heavy (non-hydrogen) atoms. The van der Waals surface area contributed by atoms with E-state index in [9.17, 15) is 9.59 Å². The van der Waals surface area contributed by atoms with Gasteiger partial charge < -0.3 is 14.8 Å². The Morgan fingerprint density at radius 3 is 2.94 bits per heavy atom. The lowest BCUT2D eigenvalue weighted by Crippen LogP contribution is -2.32. The second-order valence-electron chi connectivity index (χ2n) is 7.90. The number of benzene rings is 2. The Kier molecular flexibility index (Phi) is 5.63. The van der Waals surface area contributed by atoms with Crippen LogP contribution in [-0.4, -0.2) is 34.2 Å². The van der Waals surface area contributed by atoms with E-state index in [1.165, 1.54) is 10.9 Å². The van der Waals surface area contributed by atoms with Crippen LogP contribution in [0.25, 0.3) is 10.9 Å². The van der Waals surface area contributed by atoms with Crippen molar-refractivity contribution >= 4 is 16.8 Å². The molecule has 1 aliphatic heterocycles. The van der Waals surface area contributed by atoms with Crippen LogP contribution in [0.2, 0.25) is 0 Å². The monoisotopic (exact) mass is 417 g/mol. The minimum Gasteiger partial charge on any atom is -0.483 e. The van der Waals surface area contributed by atoms with Gasteiger partial charge in [-0.2, -0.15) is 0 Å². The Hall–Kier alpha value is -3.79. The van der Waals surface area contributed by atoms with E-state index in [1.54, 1.807) is 18.2 Å². The van der Waals surface area contributed by atoms with Crippen LogP contribution in [0.4, 0.5) is 0 Å². The van der Waals surface area contributed by atoms with E-state index >= 15 is 0 Å². The van der Waals surface area contributed by atoms with Gasteiger partial charge in [-0.05, 0) is 32.0 Å². The summed E-state index contributed by atoms with van der Waals surface area (Å²) < 4.78 is 13.0. The van der Waals surface area contributed by atoms with Crippen molar-refractivity contribution in [2.45, 2.75) is 32.4 Å². The predicted octanol–water partition coefficient (Wildman–Crippen LogP) is 2.31. The lowest BCUT2D eigenvalue weighted by molar-refractivity contribution is -0.121. The molecular weight excluding hydrogens is 394 g/mol. The zero-order valence-corrected chi connectivity index (χ0v) is 17.5. The fraction of sp³-hybridized carbons (Fsp3) is 0.292. The van der Waals surface area contributed by atoms with Crippen LogP contribution in [0.3, 0.4) is 0 Å². The highest BCUT2D eigenvalue weighted by atomic mass is 16.5. The van der Waals surface area contributed by atoms with Crippen molar-refractivity contribution in [1.82, 2.24) is 14.9 Å². The van der Waals surface area contributed by atoms with E-state index < -0.39 is 0 Å². The molecule has 0 saturated heterocycles. The first-order valence-electron chi connectivity index (χ1n) is 10.0. The standard InChI is InChI=1S/C24H23N3O4/c1-24(2)14-17-8-7-11-20(22(17)31-24)30-13-6-5-12-25-21(28)15-27-16-26-19-10-4-3-9-18(19)23(27)29/h3-4,7-11,16H,12-15H2,1-2H3,(H,25,28). The molecule has 158 valence electrons. The Morgan fingerprint density at radius 1 is 1.23 bits per heavy atom.